The molecule has 0 amide bonds. The smallest absolute Gasteiger partial charge is 0.353 e. The molecule has 23 heavy (non-hydrogen) atoms. The Morgan fingerprint density at radius 1 is 1.17 bits per heavy atom. The molecule has 0 aliphatic rings. The summed E-state index contributed by atoms with van der Waals surface area (Å²) in [4.78, 5) is 23.4. The van der Waals surface area contributed by atoms with Crippen molar-refractivity contribution in [1.29, 1.82) is 0 Å². The Balaban J connectivity index is 2.31. The molecule has 6 heteroatoms. The summed E-state index contributed by atoms with van der Waals surface area (Å²) in [6.07, 6.45) is 0.206. The van der Waals surface area contributed by atoms with Gasteiger partial charge in [-0.15, -0.1) is 0 Å². The van der Waals surface area contributed by atoms with E-state index in [4.69, 9.17) is 15.2 Å². The number of benzene rings is 1. The third-order valence-corrected chi connectivity index (χ3v) is 2.93. The predicted octanol–water partition coefficient (Wildman–Crippen LogP) is 1.89. The maximum atomic E-state index is 11.8. The third kappa shape index (κ3) is 7.76. The van der Waals surface area contributed by atoms with Crippen LogP contribution in [0, 0.1) is 0 Å². The molecule has 128 valence electrons. The lowest BCUT2D eigenvalue weighted by molar-refractivity contribution is -0.177. The number of esters is 2. The van der Waals surface area contributed by atoms with Crippen LogP contribution >= 0.6 is 0 Å². The van der Waals surface area contributed by atoms with Crippen molar-refractivity contribution < 1.29 is 24.2 Å². The molecule has 0 unspecified atom stereocenters. The number of rotatable bonds is 7. The molecule has 0 spiro atoms. The van der Waals surface area contributed by atoms with Crippen molar-refractivity contribution in [2.75, 3.05) is 0 Å². The quantitative estimate of drug-likeness (QED) is 0.587. The monoisotopic (exact) mass is 323 g/mol. The van der Waals surface area contributed by atoms with Crippen LogP contribution < -0.4 is 5.73 Å². The zero-order chi connectivity index (χ0) is 17.5. The van der Waals surface area contributed by atoms with Gasteiger partial charge in [0.15, 0.2) is 0 Å². The molecule has 1 aromatic rings. The van der Waals surface area contributed by atoms with Crippen LogP contribution in [-0.4, -0.2) is 28.4 Å². The Morgan fingerprint density at radius 3 is 2.35 bits per heavy atom. The van der Waals surface area contributed by atoms with Gasteiger partial charge < -0.3 is 14.6 Å². The van der Waals surface area contributed by atoms with Crippen molar-refractivity contribution in [2.24, 2.45) is 5.73 Å². The number of carbonyl (C=O) groups excluding carboxylic acids is 2. The van der Waals surface area contributed by atoms with Crippen LogP contribution in [0.4, 0.5) is 0 Å². The van der Waals surface area contributed by atoms with Crippen LogP contribution in [0.2, 0.25) is 0 Å². The van der Waals surface area contributed by atoms with E-state index in [0.29, 0.717) is 0 Å². The number of aliphatic hydroxyl groups is 1. The molecule has 1 rings (SSSR count). The van der Waals surface area contributed by atoms with Crippen LogP contribution in [0.5, 0.6) is 0 Å². The summed E-state index contributed by atoms with van der Waals surface area (Å²) in [5.41, 5.74) is 3.60. The molecule has 0 saturated carbocycles. The third-order valence-electron chi connectivity index (χ3n) is 2.93. The van der Waals surface area contributed by atoms with Crippen LogP contribution in [0.25, 0.3) is 0 Å². The molecule has 0 aromatic heterocycles. The number of ether oxygens (including phenoxy) is 2. The van der Waals surface area contributed by atoms with Gasteiger partial charge in [0.1, 0.15) is 12.2 Å². The average Bonchev–Trinajstić information content (AvgIpc) is 2.44. The minimum Gasteiger partial charge on any atom is -0.461 e. The van der Waals surface area contributed by atoms with E-state index >= 15 is 0 Å². The molecule has 0 heterocycles. The Labute approximate surface area is 136 Å². The van der Waals surface area contributed by atoms with Crippen LogP contribution in [-0.2, 0) is 25.7 Å². The average molecular weight is 323 g/mol. The van der Waals surface area contributed by atoms with Crippen molar-refractivity contribution in [3.8, 4) is 0 Å². The van der Waals surface area contributed by atoms with Gasteiger partial charge in [-0.25, -0.2) is 4.79 Å². The van der Waals surface area contributed by atoms with Gasteiger partial charge in [0.2, 0.25) is 5.72 Å². The first-order valence-corrected chi connectivity index (χ1v) is 7.54. The van der Waals surface area contributed by atoms with Gasteiger partial charge in [-0.05, 0) is 32.8 Å². The Hall–Kier alpha value is -1.92. The summed E-state index contributed by atoms with van der Waals surface area (Å²) in [5.74, 6) is -1.31. The van der Waals surface area contributed by atoms with Crippen LogP contribution in [0.1, 0.15) is 45.6 Å². The van der Waals surface area contributed by atoms with Gasteiger partial charge in [-0.2, -0.15) is 0 Å². The van der Waals surface area contributed by atoms with E-state index in [2.05, 4.69) is 0 Å². The molecule has 0 fully saturated rings. The van der Waals surface area contributed by atoms with Crippen molar-refractivity contribution >= 4 is 11.9 Å². The Kier molecular flexibility index (Phi) is 6.72. The Morgan fingerprint density at radius 2 is 1.78 bits per heavy atom. The molecule has 0 bridgehead atoms. The molecule has 6 nitrogen and oxygen atoms in total. The first kappa shape index (κ1) is 19.1. The van der Waals surface area contributed by atoms with Gasteiger partial charge in [0.25, 0.3) is 0 Å². The summed E-state index contributed by atoms with van der Waals surface area (Å²) in [6.45, 7) is 5.24. The molecular formula is C17H25NO5. The SMILES string of the molecule is CC(C)(C)OC(=O)[C@@](N)(O)CCCC(=O)OCc1ccccc1. The second kappa shape index (κ2) is 8.08. The molecular weight excluding hydrogens is 298 g/mol. The van der Waals surface area contributed by atoms with E-state index in [9.17, 15) is 14.7 Å². The van der Waals surface area contributed by atoms with Crippen molar-refractivity contribution in [3.63, 3.8) is 0 Å². The standard InChI is InChI=1S/C17H25NO5/c1-16(2,3)23-15(20)17(18,21)11-7-10-14(19)22-12-13-8-5-4-6-9-13/h4-6,8-9,21H,7,10-12,18H2,1-3H3/t17-/m0/s1. The lowest BCUT2D eigenvalue weighted by Gasteiger charge is -2.27. The number of nitrogens with two attached hydrogens (primary N) is 1. The van der Waals surface area contributed by atoms with Gasteiger partial charge in [0.05, 0.1) is 0 Å². The first-order valence-electron chi connectivity index (χ1n) is 7.54. The fourth-order valence-electron chi connectivity index (χ4n) is 1.78. The van der Waals surface area contributed by atoms with Crippen LogP contribution in [0.15, 0.2) is 30.3 Å². The van der Waals surface area contributed by atoms with E-state index in [1.165, 1.54) is 0 Å². The summed E-state index contributed by atoms with van der Waals surface area (Å²) in [6, 6.07) is 9.31. The lowest BCUT2D eigenvalue weighted by atomic mass is 10.1. The maximum absolute atomic E-state index is 11.8. The zero-order valence-corrected chi connectivity index (χ0v) is 13.9. The second-order valence-electron chi connectivity index (χ2n) is 6.43. The van der Waals surface area contributed by atoms with E-state index < -0.39 is 23.3 Å². The van der Waals surface area contributed by atoms with E-state index in [-0.39, 0.29) is 25.9 Å². The molecule has 0 saturated heterocycles. The first-order chi connectivity index (χ1) is 10.6. The molecule has 0 aliphatic heterocycles. The number of carbonyl (C=O) groups is 2. The number of hydrogen-bond donors (Lipinski definition) is 2. The number of hydrogen-bond acceptors (Lipinski definition) is 6. The van der Waals surface area contributed by atoms with Crippen molar-refractivity contribution in [2.45, 2.75) is 58.0 Å². The van der Waals surface area contributed by atoms with E-state index in [1.54, 1.807) is 20.8 Å². The van der Waals surface area contributed by atoms with Crippen LogP contribution in [0.3, 0.4) is 0 Å². The highest BCUT2D eigenvalue weighted by Crippen LogP contribution is 2.16. The summed E-state index contributed by atoms with van der Waals surface area (Å²) >= 11 is 0. The molecule has 0 radical (unpaired) electrons. The van der Waals surface area contributed by atoms with Gasteiger partial charge >= 0.3 is 11.9 Å². The second-order valence-corrected chi connectivity index (χ2v) is 6.43. The molecule has 0 aliphatic carbocycles. The Bertz CT molecular complexity index is 520. The minimum absolute atomic E-state index is 0.0646. The molecule has 3 N–H and O–H groups in total. The fraction of sp³-hybridized carbons (Fsp3) is 0.529. The molecule has 1 atom stereocenters. The van der Waals surface area contributed by atoms with Gasteiger partial charge in [-0.1, -0.05) is 30.3 Å². The van der Waals surface area contributed by atoms with Gasteiger partial charge in [-0.3, -0.25) is 10.5 Å². The summed E-state index contributed by atoms with van der Waals surface area (Å²) < 4.78 is 10.1. The van der Waals surface area contributed by atoms with Crippen molar-refractivity contribution in [1.82, 2.24) is 0 Å². The predicted molar refractivity (Wildman–Crippen MR) is 85.1 cm³/mol. The highest BCUT2D eigenvalue weighted by Gasteiger charge is 2.35. The summed E-state index contributed by atoms with van der Waals surface area (Å²) in [5, 5.41) is 9.92. The van der Waals surface area contributed by atoms with E-state index in [0.717, 1.165) is 5.56 Å². The maximum Gasteiger partial charge on any atom is 0.353 e. The highest BCUT2D eigenvalue weighted by molar-refractivity contribution is 5.78. The van der Waals surface area contributed by atoms with Crippen molar-refractivity contribution in [3.05, 3.63) is 35.9 Å². The largest absolute Gasteiger partial charge is 0.461 e. The fourth-order valence-corrected chi connectivity index (χ4v) is 1.78. The summed E-state index contributed by atoms with van der Waals surface area (Å²) in [7, 11) is 0. The van der Waals surface area contributed by atoms with E-state index in [1.807, 2.05) is 30.3 Å². The van der Waals surface area contributed by atoms with Gasteiger partial charge in [0, 0.05) is 12.8 Å². The normalized spacial score (nSPS) is 14.0. The highest BCUT2D eigenvalue weighted by atomic mass is 16.6. The topological polar surface area (TPSA) is 98.9 Å². The minimum atomic E-state index is -2.10. The zero-order valence-electron chi connectivity index (χ0n) is 13.9. The molecule has 1 aromatic carbocycles. The lowest BCUT2D eigenvalue weighted by Crippen LogP contribution is -2.51.